The Kier molecular flexibility index (Phi) is 18.2. The summed E-state index contributed by atoms with van der Waals surface area (Å²) in [5, 5.41) is 0.782. The highest BCUT2D eigenvalue weighted by Crippen LogP contribution is 2.39. The smallest absolute Gasteiger partial charge is 0.305 e. The van der Waals surface area contributed by atoms with Crippen LogP contribution in [0.3, 0.4) is 0 Å². The van der Waals surface area contributed by atoms with Gasteiger partial charge in [-0.25, -0.2) is 0 Å². The van der Waals surface area contributed by atoms with Gasteiger partial charge in [0.15, 0.2) is 0 Å². The number of carbonyl (C=O) groups is 1. The zero-order chi connectivity index (χ0) is 21.0. The van der Waals surface area contributed by atoms with Crippen LogP contribution in [0.1, 0.15) is 46.0 Å². The summed E-state index contributed by atoms with van der Waals surface area (Å²) in [4.78, 5) is 11.7. The van der Waals surface area contributed by atoms with Crippen LogP contribution in [-0.4, -0.2) is 76.4 Å². The molecule has 1 heterocycles. The molecule has 1 fully saturated rings. The second kappa shape index (κ2) is 19.7. The summed E-state index contributed by atoms with van der Waals surface area (Å²) >= 11 is 0. The van der Waals surface area contributed by atoms with Crippen LogP contribution < -0.4 is 0 Å². The first-order valence-electron chi connectivity index (χ1n) is 10.6. The van der Waals surface area contributed by atoms with E-state index >= 15 is 0 Å². The maximum absolute atomic E-state index is 11.7. The second-order valence-electron chi connectivity index (χ2n) is 6.99. The number of esters is 1. The zero-order valence-corrected chi connectivity index (χ0v) is 19.7. The van der Waals surface area contributed by atoms with E-state index in [0.29, 0.717) is 65.9 Å². The minimum absolute atomic E-state index is 0.125. The number of carbonyl (C=O) groups excluding carboxylic acids is 1. The van der Waals surface area contributed by atoms with E-state index in [2.05, 4.69) is 0 Å². The molecule has 0 aliphatic carbocycles. The van der Waals surface area contributed by atoms with Gasteiger partial charge in [0.25, 0.3) is 0 Å². The molecule has 0 radical (unpaired) electrons. The van der Waals surface area contributed by atoms with Gasteiger partial charge in [-0.3, -0.25) is 4.79 Å². The van der Waals surface area contributed by atoms with Crippen LogP contribution in [0, 0.1) is 0 Å². The molecular weight excluding hydrogens is 412 g/mol. The molecule has 0 aromatic heterocycles. The van der Waals surface area contributed by atoms with Crippen LogP contribution in [0.15, 0.2) is 11.6 Å². The van der Waals surface area contributed by atoms with Gasteiger partial charge in [-0.2, -0.15) is 0 Å². The molecule has 0 bridgehead atoms. The number of ether oxygens (including phenoxy) is 5. The minimum Gasteiger partial charge on any atom is -0.463 e. The molecule has 170 valence electrons. The highest BCUT2D eigenvalue weighted by atomic mass is 33.1. The Bertz CT molecular complexity index is 423. The molecule has 0 unspecified atom stereocenters. The fourth-order valence-corrected chi connectivity index (χ4v) is 5.49. The highest BCUT2D eigenvalue weighted by Gasteiger charge is 2.15. The van der Waals surface area contributed by atoms with Gasteiger partial charge in [-0.05, 0) is 33.1 Å². The molecule has 1 aliphatic rings. The van der Waals surface area contributed by atoms with E-state index < -0.39 is 0 Å². The van der Waals surface area contributed by atoms with E-state index in [1.807, 2.05) is 41.5 Å². The molecule has 29 heavy (non-hydrogen) atoms. The fraction of sp³-hybridized carbons (Fsp3) is 0.857. The maximum atomic E-state index is 11.7. The van der Waals surface area contributed by atoms with Crippen molar-refractivity contribution < 1.29 is 28.5 Å². The van der Waals surface area contributed by atoms with Gasteiger partial charge in [-0.15, -0.1) is 0 Å². The molecule has 0 aromatic carbocycles. The third kappa shape index (κ3) is 18.3. The largest absolute Gasteiger partial charge is 0.463 e. The summed E-state index contributed by atoms with van der Waals surface area (Å²) in [7, 11) is 3.96. The van der Waals surface area contributed by atoms with Gasteiger partial charge >= 0.3 is 5.97 Å². The first kappa shape index (κ1) is 26.8. The van der Waals surface area contributed by atoms with E-state index in [1.165, 1.54) is 24.2 Å². The molecule has 0 N–H and O–H groups in total. The van der Waals surface area contributed by atoms with Crippen molar-refractivity contribution in [3.8, 4) is 0 Å². The van der Waals surface area contributed by atoms with E-state index in [-0.39, 0.29) is 5.97 Å². The Balaban J connectivity index is 1.72. The van der Waals surface area contributed by atoms with Gasteiger partial charge in [-0.1, -0.05) is 39.7 Å². The van der Waals surface area contributed by atoms with Crippen LogP contribution in [0.2, 0.25) is 0 Å². The summed E-state index contributed by atoms with van der Waals surface area (Å²) < 4.78 is 26.8. The summed E-state index contributed by atoms with van der Waals surface area (Å²) in [6.45, 7) is 8.67. The molecule has 1 atom stereocenters. The summed E-state index contributed by atoms with van der Waals surface area (Å²) in [6, 6.07) is 0. The lowest BCUT2D eigenvalue weighted by Gasteiger charge is -2.08. The lowest BCUT2D eigenvalue weighted by Crippen LogP contribution is -2.14. The molecular formula is C21H38O6S2. The minimum atomic E-state index is -0.125. The third-order valence-electron chi connectivity index (χ3n) is 4.10. The molecule has 0 aromatic rings. The first-order chi connectivity index (χ1) is 14.2. The molecule has 8 heteroatoms. The monoisotopic (exact) mass is 450 g/mol. The van der Waals surface area contributed by atoms with Crippen LogP contribution in [0.4, 0.5) is 0 Å². The average Bonchev–Trinajstić information content (AvgIpc) is 3.21. The highest BCUT2D eigenvalue weighted by molar-refractivity contribution is 8.77. The lowest BCUT2D eigenvalue weighted by molar-refractivity contribution is -0.145. The summed E-state index contributed by atoms with van der Waals surface area (Å²) in [5.41, 5.74) is 1.25. The SMILES string of the molecule is CC(C)=CCOCCOCCOCCOCCOC(=O)CCCC[C@@H]1CCSS1. The Morgan fingerprint density at radius 2 is 1.52 bits per heavy atom. The van der Waals surface area contributed by atoms with Crippen molar-refractivity contribution in [3.05, 3.63) is 11.6 Å². The van der Waals surface area contributed by atoms with E-state index in [1.54, 1.807) is 0 Å². The van der Waals surface area contributed by atoms with Gasteiger partial charge in [0.1, 0.15) is 6.61 Å². The van der Waals surface area contributed by atoms with E-state index in [4.69, 9.17) is 23.7 Å². The molecule has 0 saturated carbocycles. The van der Waals surface area contributed by atoms with Gasteiger partial charge in [0.05, 0.1) is 52.9 Å². The number of unbranched alkanes of at least 4 members (excludes halogenated alkanes) is 1. The molecule has 1 saturated heterocycles. The van der Waals surface area contributed by atoms with Crippen molar-refractivity contribution in [1.29, 1.82) is 0 Å². The quantitative estimate of drug-likeness (QED) is 0.125. The van der Waals surface area contributed by atoms with Crippen molar-refractivity contribution in [2.45, 2.75) is 51.2 Å². The molecule has 6 nitrogen and oxygen atoms in total. The Hall–Kier alpha value is -0.250. The van der Waals surface area contributed by atoms with Crippen LogP contribution in [0.5, 0.6) is 0 Å². The number of hydrogen-bond acceptors (Lipinski definition) is 8. The van der Waals surface area contributed by atoms with Gasteiger partial charge in [0.2, 0.25) is 0 Å². The summed E-state index contributed by atoms with van der Waals surface area (Å²) in [5.74, 6) is 1.14. The predicted molar refractivity (Wildman–Crippen MR) is 121 cm³/mol. The lowest BCUT2D eigenvalue weighted by atomic mass is 10.1. The number of rotatable bonds is 19. The zero-order valence-electron chi connectivity index (χ0n) is 18.0. The Labute approximate surface area is 184 Å². The van der Waals surface area contributed by atoms with Gasteiger partial charge in [0, 0.05) is 17.4 Å². The van der Waals surface area contributed by atoms with Gasteiger partial charge < -0.3 is 23.7 Å². The van der Waals surface area contributed by atoms with Crippen molar-refractivity contribution in [3.63, 3.8) is 0 Å². The van der Waals surface area contributed by atoms with Crippen molar-refractivity contribution in [2.75, 3.05) is 65.2 Å². The van der Waals surface area contributed by atoms with E-state index in [0.717, 1.165) is 18.1 Å². The van der Waals surface area contributed by atoms with Crippen molar-refractivity contribution >= 4 is 27.6 Å². The standard InChI is InChI=1S/C21H38O6S2/c1-19(2)7-9-23-10-11-24-12-13-25-14-15-26-16-17-27-21(22)6-4-3-5-20-8-18-28-29-20/h7,20H,3-6,8-18H2,1-2H3/t20-/m1/s1. The van der Waals surface area contributed by atoms with Crippen molar-refractivity contribution in [2.24, 2.45) is 0 Å². The molecule has 1 rings (SSSR count). The number of allylic oxidation sites excluding steroid dienone is 1. The average molecular weight is 451 g/mol. The van der Waals surface area contributed by atoms with Crippen LogP contribution >= 0.6 is 21.6 Å². The molecule has 0 spiro atoms. The molecule has 0 amide bonds. The molecule has 1 aliphatic heterocycles. The summed E-state index contributed by atoms with van der Waals surface area (Å²) in [6.07, 6.45) is 7.09. The topological polar surface area (TPSA) is 63.2 Å². The fourth-order valence-electron chi connectivity index (χ4n) is 2.46. The Morgan fingerprint density at radius 3 is 2.10 bits per heavy atom. The van der Waals surface area contributed by atoms with E-state index in [9.17, 15) is 4.79 Å². The van der Waals surface area contributed by atoms with Crippen molar-refractivity contribution in [1.82, 2.24) is 0 Å². The number of hydrogen-bond donors (Lipinski definition) is 0. The predicted octanol–water partition coefficient (Wildman–Crippen LogP) is 4.28. The Morgan fingerprint density at radius 1 is 0.897 bits per heavy atom. The van der Waals surface area contributed by atoms with Crippen LogP contribution in [-0.2, 0) is 28.5 Å². The normalized spacial score (nSPS) is 16.1. The second-order valence-corrected chi connectivity index (χ2v) is 9.78. The maximum Gasteiger partial charge on any atom is 0.305 e. The third-order valence-corrected chi connectivity index (χ3v) is 7.11. The van der Waals surface area contributed by atoms with Crippen LogP contribution in [0.25, 0.3) is 0 Å². The first-order valence-corrected chi connectivity index (χ1v) is 12.9.